The Kier molecular flexibility index (Phi) is 4.73. The van der Waals surface area contributed by atoms with Gasteiger partial charge in [-0.15, -0.1) is 0 Å². The average molecular weight is 376 g/mol. The van der Waals surface area contributed by atoms with Crippen LogP contribution in [0.25, 0.3) is 22.0 Å². The van der Waals surface area contributed by atoms with Crippen molar-refractivity contribution in [3.63, 3.8) is 0 Å². The molecule has 0 saturated carbocycles. The van der Waals surface area contributed by atoms with Gasteiger partial charge in [0.1, 0.15) is 5.71 Å². The third-order valence-corrected chi connectivity index (χ3v) is 4.92. The van der Waals surface area contributed by atoms with Crippen molar-refractivity contribution < 1.29 is 4.79 Å². The summed E-state index contributed by atoms with van der Waals surface area (Å²) in [6.45, 7) is 2.55. The van der Waals surface area contributed by atoms with Gasteiger partial charge < -0.3 is 5.32 Å². The summed E-state index contributed by atoms with van der Waals surface area (Å²) in [6.07, 6.45) is 4.68. The number of fused-ring (bicyclic) bond motifs is 1. The Bertz CT molecular complexity index is 1100. The van der Waals surface area contributed by atoms with Gasteiger partial charge in [-0.1, -0.05) is 41.9 Å². The fourth-order valence-electron chi connectivity index (χ4n) is 3.24. The van der Waals surface area contributed by atoms with Crippen LogP contribution in [-0.4, -0.2) is 23.1 Å². The van der Waals surface area contributed by atoms with Crippen molar-refractivity contribution in [3.05, 3.63) is 71.4 Å². The SMILES string of the molecule is CC1=CCCN=C1C(=O)Nc1ccc(Cl)c(-c2nccc3ccccc23)c1. The predicted octanol–water partition coefficient (Wildman–Crippen LogP) is 5.28. The van der Waals surface area contributed by atoms with Gasteiger partial charge in [-0.3, -0.25) is 14.8 Å². The summed E-state index contributed by atoms with van der Waals surface area (Å²) in [4.78, 5) is 21.5. The van der Waals surface area contributed by atoms with Gasteiger partial charge in [0.25, 0.3) is 5.91 Å². The predicted molar refractivity (Wildman–Crippen MR) is 111 cm³/mol. The van der Waals surface area contributed by atoms with E-state index in [1.54, 1.807) is 18.3 Å². The number of dihydropyridines is 1. The maximum Gasteiger partial charge on any atom is 0.274 e. The molecule has 134 valence electrons. The molecule has 4 rings (SSSR count). The second kappa shape index (κ2) is 7.33. The average Bonchev–Trinajstić information content (AvgIpc) is 2.69. The molecule has 27 heavy (non-hydrogen) atoms. The maximum atomic E-state index is 12.6. The van der Waals surface area contributed by atoms with Crippen molar-refractivity contribution in [2.24, 2.45) is 4.99 Å². The first-order valence-corrected chi connectivity index (χ1v) is 9.18. The molecule has 0 saturated heterocycles. The van der Waals surface area contributed by atoms with E-state index in [0.29, 0.717) is 23.0 Å². The van der Waals surface area contributed by atoms with E-state index < -0.39 is 0 Å². The molecule has 1 aliphatic heterocycles. The highest BCUT2D eigenvalue weighted by molar-refractivity contribution is 6.49. The number of carbonyl (C=O) groups is 1. The van der Waals surface area contributed by atoms with Gasteiger partial charge in [-0.05, 0) is 48.6 Å². The molecule has 0 bridgehead atoms. The number of hydrogen-bond donors (Lipinski definition) is 1. The molecule has 2 aromatic carbocycles. The Morgan fingerprint density at radius 3 is 2.85 bits per heavy atom. The number of hydrogen-bond acceptors (Lipinski definition) is 3. The van der Waals surface area contributed by atoms with Crippen molar-refractivity contribution in [1.82, 2.24) is 4.98 Å². The van der Waals surface area contributed by atoms with Crippen LogP contribution in [0.5, 0.6) is 0 Å². The Hall–Kier alpha value is -2.98. The number of aliphatic imine (C=N–C) groups is 1. The lowest BCUT2D eigenvalue weighted by Crippen LogP contribution is -2.25. The summed E-state index contributed by atoms with van der Waals surface area (Å²) >= 11 is 6.45. The summed E-state index contributed by atoms with van der Waals surface area (Å²) in [6, 6.07) is 15.4. The second-order valence-corrected chi connectivity index (χ2v) is 6.84. The second-order valence-electron chi connectivity index (χ2n) is 6.44. The molecule has 0 unspecified atom stereocenters. The minimum absolute atomic E-state index is 0.206. The molecule has 1 amide bonds. The molecule has 4 nitrogen and oxygen atoms in total. The van der Waals surface area contributed by atoms with E-state index in [-0.39, 0.29) is 5.91 Å². The first-order valence-electron chi connectivity index (χ1n) is 8.80. The summed E-state index contributed by atoms with van der Waals surface area (Å²) in [7, 11) is 0. The van der Waals surface area contributed by atoms with Gasteiger partial charge in [0, 0.05) is 29.4 Å². The highest BCUT2D eigenvalue weighted by atomic mass is 35.5. The van der Waals surface area contributed by atoms with Crippen LogP contribution in [0.2, 0.25) is 5.02 Å². The van der Waals surface area contributed by atoms with Crippen LogP contribution in [0.15, 0.2) is 71.4 Å². The van der Waals surface area contributed by atoms with E-state index >= 15 is 0 Å². The number of nitrogens with one attached hydrogen (secondary N) is 1. The van der Waals surface area contributed by atoms with Crippen LogP contribution >= 0.6 is 11.6 Å². The first kappa shape index (κ1) is 17.4. The molecule has 1 aromatic heterocycles. The van der Waals surface area contributed by atoms with E-state index in [9.17, 15) is 4.79 Å². The number of rotatable bonds is 3. The molecule has 1 aliphatic rings. The Morgan fingerprint density at radius 2 is 2.00 bits per heavy atom. The minimum Gasteiger partial charge on any atom is -0.321 e. The smallest absolute Gasteiger partial charge is 0.274 e. The molecule has 2 heterocycles. The summed E-state index contributed by atoms with van der Waals surface area (Å²) < 4.78 is 0. The number of halogens is 1. The molecular formula is C22H18ClN3O. The molecule has 0 radical (unpaired) electrons. The zero-order valence-corrected chi connectivity index (χ0v) is 15.6. The fraction of sp³-hybridized carbons (Fsp3) is 0.136. The molecule has 1 N–H and O–H groups in total. The number of amides is 1. The number of aromatic nitrogens is 1. The Labute approximate surface area is 162 Å². The first-order chi connectivity index (χ1) is 13.1. The van der Waals surface area contributed by atoms with Crippen molar-refractivity contribution >= 4 is 39.7 Å². The lowest BCUT2D eigenvalue weighted by molar-refractivity contribution is -0.110. The highest BCUT2D eigenvalue weighted by Gasteiger charge is 2.17. The van der Waals surface area contributed by atoms with E-state index in [2.05, 4.69) is 15.3 Å². The number of nitrogens with zero attached hydrogens (tertiary/aromatic N) is 2. The van der Waals surface area contributed by atoms with Gasteiger partial charge >= 0.3 is 0 Å². The largest absolute Gasteiger partial charge is 0.321 e. The summed E-state index contributed by atoms with van der Waals surface area (Å²) in [5.74, 6) is -0.206. The van der Waals surface area contributed by atoms with Gasteiger partial charge in [-0.25, -0.2) is 0 Å². The summed E-state index contributed by atoms with van der Waals surface area (Å²) in [5, 5.41) is 5.62. The molecule has 0 spiro atoms. The van der Waals surface area contributed by atoms with Crippen molar-refractivity contribution in [3.8, 4) is 11.3 Å². The fourth-order valence-corrected chi connectivity index (χ4v) is 3.45. The lowest BCUT2D eigenvalue weighted by Gasteiger charge is -2.13. The molecule has 0 atom stereocenters. The molecule has 0 fully saturated rings. The normalized spacial score (nSPS) is 13.9. The topological polar surface area (TPSA) is 54.4 Å². The van der Waals surface area contributed by atoms with Gasteiger partial charge in [-0.2, -0.15) is 0 Å². The number of benzene rings is 2. The van der Waals surface area contributed by atoms with Crippen LogP contribution in [0.3, 0.4) is 0 Å². The van der Waals surface area contributed by atoms with Crippen LogP contribution in [0.1, 0.15) is 13.3 Å². The minimum atomic E-state index is -0.206. The highest BCUT2D eigenvalue weighted by Crippen LogP contribution is 2.33. The maximum absolute atomic E-state index is 12.6. The van der Waals surface area contributed by atoms with Crippen molar-refractivity contribution in [1.29, 1.82) is 0 Å². The zero-order valence-electron chi connectivity index (χ0n) is 14.9. The van der Waals surface area contributed by atoms with Crippen molar-refractivity contribution in [2.75, 3.05) is 11.9 Å². The van der Waals surface area contributed by atoms with Crippen molar-refractivity contribution in [2.45, 2.75) is 13.3 Å². The Morgan fingerprint density at radius 1 is 1.15 bits per heavy atom. The van der Waals surface area contributed by atoms with Gasteiger partial charge in [0.05, 0.1) is 10.7 Å². The van der Waals surface area contributed by atoms with E-state index in [1.165, 1.54) is 0 Å². The van der Waals surface area contributed by atoms with Crippen LogP contribution in [-0.2, 0) is 4.79 Å². The third-order valence-electron chi connectivity index (χ3n) is 4.59. The van der Waals surface area contributed by atoms with E-state index in [4.69, 9.17) is 11.6 Å². The summed E-state index contributed by atoms with van der Waals surface area (Å²) in [5.41, 5.74) is 3.63. The molecule has 5 heteroatoms. The lowest BCUT2D eigenvalue weighted by atomic mass is 10.0. The van der Waals surface area contributed by atoms with E-state index in [0.717, 1.165) is 34.0 Å². The van der Waals surface area contributed by atoms with E-state index in [1.807, 2.05) is 49.4 Å². The molecule has 3 aromatic rings. The zero-order chi connectivity index (χ0) is 18.8. The quantitative estimate of drug-likeness (QED) is 0.676. The Balaban J connectivity index is 1.71. The van der Waals surface area contributed by atoms with Crippen LogP contribution in [0, 0.1) is 0 Å². The third kappa shape index (κ3) is 3.49. The molecular weight excluding hydrogens is 358 g/mol. The van der Waals surface area contributed by atoms with Crippen LogP contribution < -0.4 is 5.32 Å². The number of carbonyl (C=O) groups excluding carboxylic acids is 1. The van der Waals surface area contributed by atoms with Gasteiger partial charge in [0.15, 0.2) is 0 Å². The number of anilines is 1. The standard InChI is InChI=1S/C22H18ClN3O/c1-14-5-4-11-24-20(14)22(27)26-16-8-9-19(23)18(13-16)21-17-7-3-2-6-15(17)10-12-25-21/h2-3,5-10,12-13H,4,11H2,1H3,(H,26,27). The van der Waals surface area contributed by atoms with Crippen LogP contribution in [0.4, 0.5) is 5.69 Å². The number of pyridine rings is 1. The molecule has 0 aliphatic carbocycles. The monoisotopic (exact) mass is 375 g/mol. The van der Waals surface area contributed by atoms with Gasteiger partial charge in [0.2, 0.25) is 0 Å².